The molecule has 2 amide bonds. The molecule has 0 radical (unpaired) electrons. The Balaban J connectivity index is 1.52. The van der Waals surface area contributed by atoms with Crippen molar-refractivity contribution in [2.45, 2.75) is 18.9 Å². The van der Waals surface area contributed by atoms with Crippen LogP contribution in [0.3, 0.4) is 0 Å². The van der Waals surface area contributed by atoms with Crippen molar-refractivity contribution in [3.05, 3.63) is 65.5 Å². The van der Waals surface area contributed by atoms with Crippen LogP contribution in [-0.2, 0) is 18.3 Å². The summed E-state index contributed by atoms with van der Waals surface area (Å²) in [6.45, 7) is 0.424. The summed E-state index contributed by atoms with van der Waals surface area (Å²) < 4.78 is 30.0. The number of benzene rings is 1. The lowest BCUT2D eigenvalue weighted by Gasteiger charge is -2.40. The van der Waals surface area contributed by atoms with E-state index in [2.05, 4.69) is 20.7 Å². The van der Waals surface area contributed by atoms with Crippen LogP contribution in [0.1, 0.15) is 22.3 Å². The predicted octanol–water partition coefficient (Wildman–Crippen LogP) is 1.74. The molecule has 35 heavy (non-hydrogen) atoms. The molecule has 0 bridgehead atoms. The van der Waals surface area contributed by atoms with Gasteiger partial charge in [0.05, 0.1) is 17.8 Å². The predicted molar refractivity (Wildman–Crippen MR) is 125 cm³/mol. The number of aryl methyl sites for hydroxylation is 1. The Morgan fingerprint density at radius 3 is 2.74 bits per heavy atom. The van der Waals surface area contributed by atoms with E-state index in [4.69, 9.17) is 5.11 Å². The van der Waals surface area contributed by atoms with Gasteiger partial charge in [-0.15, -0.1) is 0 Å². The molecule has 11 heteroatoms. The van der Waals surface area contributed by atoms with Gasteiger partial charge in [-0.1, -0.05) is 12.1 Å². The Labute approximate surface area is 200 Å². The van der Waals surface area contributed by atoms with E-state index in [9.17, 15) is 18.4 Å². The second kappa shape index (κ2) is 10.6. The molecule has 0 aliphatic carbocycles. The second-order valence-corrected chi connectivity index (χ2v) is 8.32. The summed E-state index contributed by atoms with van der Waals surface area (Å²) in [7, 11) is 1.70. The zero-order chi connectivity index (χ0) is 24.9. The van der Waals surface area contributed by atoms with E-state index in [0.717, 1.165) is 11.6 Å². The molecule has 1 aliphatic rings. The van der Waals surface area contributed by atoms with Crippen LogP contribution in [0.15, 0.2) is 42.7 Å². The number of aromatic nitrogens is 3. The summed E-state index contributed by atoms with van der Waals surface area (Å²) in [5.41, 5.74) is 1.27. The molecule has 3 N–H and O–H groups in total. The number of aliphatic hydroxyl groups is 1. The number of likely N-dealkylation sites (tertiary alicyclic amines) is 1. The van der Waals surface area contributed by atoms with Crippen LogP contribution in [0, 0.1) is 11.6 Å². The van der Waals surface area contributed by atoms with Crippen LogP contribution in [0.4, 0.5) is 14.6 Å². The largest absolute Gasteiger partial charge is 0.387 e. The molecule has 1 aromatic carbocycles. The lowest BCUT2D eigenvalue weighted by atomic mass is 10.0. The first kappa shape index (κ1) is 24.3. The Bertz CT molecular complexity index is 1230. The molecule has 1 aliphatic heterocycles. The third kappa shape index (κ3) is 5.62. The minimum atomic E-state index is -0.681. The fraction of sp³-hybridized carbons (Fsp3) is 0.333. The maximum Gasteiger partial charge on any atom is 0.255 e. The van der Waals surface area contributed by atoms with E-state index in [1.54, 1.807) is 25.4 Å². The van der Waals surface area contributed by atoms with E-state index >= 15 is 0 Å². The number of carbonyl (C=O) groups is 2. The van der Waals surface area contributed by atoms with Gasteiger partial charge < -0.3 is 20.6 Å². The molecule has 4 rings (SSSR count). The number of rotatable bonds is 9. The van der Waals surface area contributed by atoms with Gasteiger partial charge in [0.25, 0.3) is 5.91 Å². The van der Waals surface area contributed by atoms with Crippen molar-refractivity contribution < 1.29 is 23.5 Å². The number of anilines is 1. The fourth-order valence-corrected chi connectivity index (χ4v) is 3.94. The average molecular weight is 485 g/mol. The highest BCUT2D eigenvalue weighted by atomic mass is 19.1. The van der Waals surface area contributed by atoms with Crippen LogP contribution in [0.25, 0.3) is 11.3 Å². The Kier molecular flexibility index (Phi) is 7.35. The Hall–Kier alpha value is -3.86. The summed E-state index contributed by atoms with van der Waals surface area (Å²) in [5.74, 6) is -1.80. The standard InChI is InChI=1S/C24H26F2N6O3/c1-31-13-16(11-29-31)22-20(26)10-19(24(35)28-12-18-6-8-32(18)21(34)14-33)23(30-22)27-7-5-15-3-2-4-17(25)9-15/h2-4,9-11,13,18,33H,5-8,12,14H2,1H3,(H,27,30)(H,28,35)/t18-/m1/s1. The van der Waals surface area contributed by atoms with Crippen molar-refractivity contribution in [3.8, 4) is 11.3 Å². The van der Waals surface area contributed by atoms with Gasteiger partial charge in [0.2, 0.25) is 5.91 Å². The molecule has 0 unspecified atom stereocenters. The smallest absolute Gasteiger partial charge is 0.255 e. The number of aliphatic hydroxyl groups excluding tert-OH is 1. The van der Waals surface area contributed by atoms with Gasteiger partial charge in [-0.3, -0.25) is 14.3 Å². The number of halogens is 2. The van der Waals surface area contributed by atoms with Crippen molar-refractivity contribution in [1.29, 1.82) is 0 Å². The van der Waals surface area contributed by atoms with E-state index in [1.165, 1.54) is 27.9 Å². The first-order chi connectivity index (χ1) is 16.9. The van der Waals surface area contributed by atoms with Crippen LogP contribution >= 0.6 is 0 Å². The number of nitrogens with zero attached hydrogens (tertiary/aromatic N) is 4. The van der Waals surface area contributed by atoms with Gasteiger partial charge in [0.1, 0.15) is 23.9 Å². The average Bonchev–Trinajstić information content (AvgIpc) is 3.24. The van der Waals surface area contributed by atoms with Gasteiger partial charge in [-0.2, -0.15) is 5.10 Å². The minimum Gasteiger partial charge on any atom is -0.387 e. The highest BCUT2D eigenvalue weighted by Gasteiger charge is 2.32. The lowest BCUT2D eigenvalue weighted by molar-refractivity contribution is -0.141. The summed E-state index contributed by atoms with van der Waals surface area (Å²) in [5, 5.41) is 18.9. The van der Waals surface area contributed by atoms with Crippen molar-refractivity contribution in [2.75, 3.05) is 31.6 Å². The van der Waals surface area contributed by atoms with E-state index < -0.39 is 24.2 Å². The van der Waals surface area contributed by atoms with Crippen LogP contribution in [0.5, 0.6) is 0 Å². The number of carbonyl (C=O) groups excluding carboxylic acids is 2. The van der Waals surface area contributed by atoms with Crippen molar-refractivity contribution in [2.24, 2.45) is 7.05 Å². The third-order valence-corrected chi connectivity index (χ3v) is 5.89. The Morgan fingerprint density at radius 2 is 2.09 bits per heavy atom. The maximum absolute atomic E-state index is 15.0. The third-order valence-electron chi connectivity index (χ3n) is 5.89. The molecule has 3 aromatic rings. The molecule has 1 atom stereocenters. The van der Waals surface area contributed by atoms with Gasteiger partial charge in [0, 0.05) is 38.4 Å². The molecule has 1 saturated heterocycles. The molecule has 2 aromatic heterocycles. The number of nitrogens with one attached hydrogen (secondary N) is 2. The summed E-state index contributed by atoms with van der Waals surface area (Å²) in [6.07, 6.45) is 4.24. The molecular weight excluding hydrogens is 458 g/mol. The zero-order valence-corrected chi connectivity index (χ0v) is 19.2. The normalized spacial score (nSPS) is 15.0. The van der Waals surface area contributed by atoms with Gasteiger partial charge in [-0.25, -0.2) is 13.8 Å². The highest BCUT2D eigenvalue weighted by Crippen LogP contribution is 2.25. The fourth-order valence-electron chi connectivity index (χ4n) is 3.94. The summed E-state index contributed by atoms with van der Waals surface area (Å²) in [6, 6.07) is 7.08. The van der Waals surface area contributed by atoms with E-state index in [1.807, 2.05) is 0 Å². The first-order valence-electron chi connectivity index (χ1n) is 11.2. The van der Waals surface area contributed by atoms with Crippen LogP contribution in [-0.4, -0.2) is 68.9 Å². The van der Waals surface area contributed by atoms with Crippen molar-refractivity contribution in [1.82, 2.24) is 25.0 Å². The molecular formula is C24H26F2N6O3. The maximum atomic E-state index is 15.0. The highest BCUT2D eigenvalue weighted by molar-refractivity contribution is 5.99. The number of hydrogen-bond donors (Lipinski definition) is 3. The Morgan fingerprint density at radius 1 is 1.26 bits per heavy atom. The monoisotopic (exact) mass is 484 g/mol. The van der Waals surface area contributed by atoms with Gasteiger partial charge >= 0.3 is 0 Å². The SMILES string of the molecule is Cn1cc(-c2nc(NCCc3cccc(F)c3)c(C(=O)NC[C@H]3CCN3C(=O)CO)cc2F)cn1. The summed E-state index contributed by atoms with van der Waals surface area (Å²) in [4.78, 5) is 30.5. The molecule has 3 heterocycles. The quantitative estimate of drug-likeness (QED) is 0.427. The van der Waals surface area contributed by atoms with Gasteiger partial charge in [0.15, 0.2) is 5.82 Å². The minimum absolute atomic E-state index is 0.00809. The molecule has 184 valence electrons. The summed E-state index contributed by atoms with van der Waals surface area (Å²) >= 11 is 0. The zero-order valence-electron chi connectivity index (χ0n) is 19.2. The number of amides is 2. The number of hydrogen-bond acceptors (Lipinski definition) is 6. The molecule has 0 spiro atoms. The van der Waals surface area contributed by atoms with Crippen molar-refractivity contribution >= 4 is 17.6 Å². The molecule has 9 nitrogen and oxygen atoms in total. The number of pyridine rings is 1. The van der Waals surface area contributed by atoms with E-state index in [-0.39, 0.29) is 35.5 Å². The van der Waals surface area contributed by atoms with Crippen LogP contribution < -0.4 is 10.6 Å². The lowest BCUT2D eigenvalue weighted by Crippen LogP contribution is -2.56. The topological polar surface area (TPSA) is 112 Å². The van der Waals surface area contributed by atoms with Gasteiger partial charge in [-0.05, 0) is 36.6 Å². The molecule has 1 fully saturated rings. The molecule has 0 saturated carbocycles. The second-order valence-electron chi connectivity index (χ2n) is 8.32. The van der Waals surface area contributed by atoms with E-state index in [0.29, 0.717) is 31.5 Å². The first-order valence-corrected chi connectivity index (χ1v) is 11.2. The van der Waals surface area contributed by atoms with Crippen molar-refractivity contribution in [3.63, 3.8) is 0 Å². The van der Waals surface area contributed by atoms with Crippen LogP contribution in [0.2, 0.25) is 0 Å².